The first kappa shape index (κ1) is 17.1. The summed E-state index contributed by atoms with van der Waals surface area (Å²) in [5.41, 5.74) is 0.354. The van der Waals surface area contributed by atoms with Gasteiger partial charge in [0.05, 0.1) is 22.2 Å². The fourth-order valence-electron chi connectivity index (χ4n) is 2.12. The lowest BCUT2D eigenvalue weighted by Crippen LogP contribution is -2.37. The largest absolute Gasteiger partial charge is 0.352 e. The van der Waals surface area contributed by atoms with Crippen LogP contribution < -0.4 is 10.6 Å². The van der Waals surface area contributed by atoms with E-state index in [1.54, 1.807) is 6.07 Å². The van der Waals surface area contributed by atoms with Crippen LogP contribution in [0.5, 0.6) is 0 Å². The summed E-state index contributed by atoms with van der Waals surface area (Å²) in [5, 5.41) is 5.74. The van der Waals surface area contributed by atoms with E-state index in [-0.39, 0.29) is 16.5 Å². The van der Waals surface area contributed by atoms with Crippen molar-refractivity contribution in [2.45, 2.75) is 18.9 Å². The minimum atomic E-state index is -3.07. The number of rotatable bonds is 4. The highest BCUT2D eigenvalue weighted by atomic mass is 35.5. The van der Waals surface area contributed by atoms with Crippen LogP contribution in [-0.4, -0.2) is 37.8 Å². The van der Waals surface area contributed by atoms with Crippen molar-refractivity contribution in [2.75, 3.05) is 16.8 Å². The van der Waals surface area contributed by atoms with Gasteiger partial charge in [-0.3, -0.25) is 9.59 Å². The van der Waals surface area contributed by atoms with Crippen molar-refractivity contribution in [3.63, 3.8) is 0 Å². The van der Waals surface area contributed by atoms with E-state index >= 15 is 0 Å². The van der Waals surface area contributed by atoms with E-state index in [4.69, 9.17) is 23.2 Å². The van der Waals surface area contributed by atoms with Gasteiger partial charge >= 0.3 is 0 Å². The molecular formula is C13H14Cl2N2O4S. The van der Waals surface area contributed by atoms with E-state index in [0.29, 0.717) is 17.1 Å². The molecular weight excluding hydrogens is 351 g/mol. The van der Waals surface area contributed by atoms with Crippen LogP contribution in [0.1, 0.15) is 12.8 Å². The molecule has 0 bridgehead atoms. The fraction of sp³-hybridized carbons (Fsp3) is 0.385. The minimum Gasteiger partial charge on any atom is -0.352 e. The first-order valence-corrected chi connectivity index (χ1v) is 9.07. The second-order valence-electron chi connectivity index (χ2n) is 5.02. The summed E-state index contributed by atoms with van der Waals surface area (Å²) in [4.78, 5) is 23.5. The van der Waals surface area contributed by atoms with E-state index < -0.39 is 34.1 Å². The maximum atomic E-state index is 11.8. The number of anilines is 1. The van der Waals surface area contributed by atoms with Crippen molar-refractivity contribution in [1.82, 2.24) is 5.32 Å². The SMILES string of the molecule is O=C(CC(=O)NC1CCS(=O)(=O)C1)Nc1ccc(Cl)cc1Cl. The van der Waals surface area contributed by atoms with Crippen LogP contribution in [-0.2, 0) is 19.4 Å². The Labute approximate surface area is 138 Å². The zero-order valence-corrected chi connectivity index (χ0v) is 13.8. The van der Waals surface area contributed by atoms with E-state index in [1.807, 2.05) is 0 Å². The van der Waals surface area contributed by atoms with Gasteiger partial charge in [0.25, 0.3) is 0 Å². The Morgan fingerprint density at radius 2 is 1.95 bits per heavy atom. The van der Waals surface area contributed by atoms with Gasteiger partial charge in [-0.1, -0.05) is 23.2 Å². The van der Waals surface area contributed by atoms with Gasteiger partial charge < -0.3 is 10.6 Å². The predicted molar refractivity (Wildman–Crippen MR) is 84.9 cm³/mol. The molecule has 2 N–H and O–H groups in total. The number of hydrogen-bond donors (Lipinski definition) is 2. The van der Waals surface area contributed by atoms with Gasteiger partial charge in [-0.2, -0.15) is 0 Å². The molecule has 0 radical (unpaired) electrons. The van der Waals surface area contributed by atoms with Gasteiger partial charge in [0.15, 0.2) is 9.84 Å². The van der Waals surface area contributed by atoms with Gasteiger partial charge in [-0.25, -0.2) is 8.42 Å². The average Bonchev–Trinajstić information content (AvgIpc) is 2.71. The molecule has 1 unspecified atom stereocenters. The van der Waals surface area contributed by atoms with E-state index in [0.717, 1.165) is 0 Å². The smallest absolute Gasteiger partial charge is 0.233 e. The summed E-state index contributed by atoms with van der Waals surface area (Å²) in [6.07, 6.45) is -0.0335. The number of hydrogen-bond acceptors (Lipinski definition) is 4. The summed E-state index contributed by atoms with van der Waals surface area (Å²) < 4.78 is 22.6. The molecule has 0 aromatic heterocycles. The topological polar surface area (TPSA) is 92.3 Å². The van der Waals surface area contributed by atoms with Crippen molar-refractivity contribution in [3.05, 3.63) is 28.2 Å². The Balaban J connectivity index is 1.85. The molecule has 1 fully saturated rings. The van der Waals surface area contributed by atoms with Crippen molar-refractivity contribution in [2.24, 2.45) is 0 Å². The first-order chi connectivity index (χ1) is 10.2. The highest BCUT2D eigenvalue weighted by molar-refractivity contribution is 7.91. The van der Waals surface area contributed by atoms with Crippen molar-refractivity contribution < 1.29 is 18.0 Å². The lowest BCUT2D eigenvalue weighted by molar-refractivity contribution is -0.127. The molecule has 0 aliphatic carbocycles. The summed E-state index contributed by atoms with van der Waals surface area (Å²) in [5.74, 6) is -1.08. The third kappa shape index (κ3) is 4.86. The van der Waals surface area contributed by atoms with Gasteiger partial charge in [0.1, 0.15) is 6.42 Å². The van der Waals surface area contributed by atoms with Gasteiger partial charge in [-0.15, -0.1) is 0 Å². The van der Waals surface area contributed by atoms with Crippen LogP contribution in [0.4, 0.5) is 5.69 Å². The molecule has 2 rings (SSSR count). The second-order valence-corrected chi connectivity index (χ2v) is 8.09. The molecule has 120 valence electrons. The summed E-state index contributed by atoms with van der Waals surface area (Å²) in [6, 6.07) is 4.14. The molecule has 1 aromatic rings. The molecule has 1 aliphatic heterocycles. The van der Waals surface area contributed by atoms with Crippen LogP contribution in [0.3, 0.4) is 0 Å². The minimum absolute atomic E-state index is 0.0600. The average molecular weight is 365 g/mol. The molecule has 1 aliphatic rings. The number of benzene rings is 1. The Hall–Kier alpha value is -1.31. The van der Waals surface area contributed by atoms with Crippen molar-refractivity contribution in [3.8, 4) is 0 Å². The summed E-state index contributed by atoms with van der Waals surface area (Å²) >= 11 is 11.7. The second kappa shape index (κ2) is 6.85. The first-order valence-electron chi connectivity index (χ1n) is 6.50. The Morgan fingerprint density at radius 3 is 2.55 bits per heavy atom. The van der Waals surface area contributed by atoms with Crippen LogP contribution in [0.25, 0.3) is 0 Å². The molecule has 1 heterocycles. The Morgan fingerprint density at radius 1 is 1.23 bits per heavy atom. The maximum absolute atomic E-state index is 11.8. The molecule has 22 heavy (non-hydrogen) atoms. The molecule has 1 saturated heterocycles. The number of carbonyl (C=O) groups excluding carboxylic acids is 2. The van der Waals surface area contributed by atoms with Crippen LogP contribution in [0.15, 0.2) is 18.2 Å². The third-order valence-electron chi connectivity index (χ3n) is 3.12. The van der Waals surface area contributed by atoms with E-state index in [9.17, 15) is 18.0 Å². The number of halogens is 2. The van der Waals surface area contributed by atoms with Crippen LogP contribution in [0, 0.1) is 0 Å². The van der Waals surface area contributed by atoms with Crippen LogP contribution >= 0.6 is 23.2 Å². The molecule has 2 amide bonds. The molecule has 9 heteroatoms. The van der Waals surface area contributed by atoms with Crippen LogP contribution in [0.2, 0.25) is 10.0 Å². The van der Waals surface area contributed by atoms with E-state index in [2.05, 4.69) is 10.6 Å². The van der Waals surface area contributed by atoms with Crippen molar-refractivity contribution in [1.29, 1.82) is 0 Å². The lowest BCUT2D eigenvalue weighted by atomic mass is 10.2. The Kier molecular flexibility index (Phi) is 5.31. The molecule has 0 saturated carbocycles. The highest BCUT2D eigenvalue weighted by Crippen LogP contribution is 2.25. The lowest BCUT2D eigenvalue weighted by Gasteiger charge is -2.11. The number of nitrogens with one attached hydrogen (secondary N) is 2. The standard InChI is InChI=1S/C13H14Cl2N2O4S/c14-8-1-2-11(10(15)5-8)17-13(19)6-12(18)16-9-3-4-22(20,21)7-9/h1-2,5,9H,3-4,6-7H2,(H,16,18)(H,17,19). The summed E-state index contributed by atoms with van der Waals surface area (Å²) in [7, 11) is -3.07. The molecule has 1 atom stereocenters. The van der Waals surface area contributed by atoms with Gasteiger partial charge in [0.2, 0.25) is 11.8 Å². The normalized spacial score (nSPS) is 19.6. The number of carbonyl (C=O) groups is 2. The zero-order chi connectivity index (χ0) is 16.3. The monoisotopic (exact) mass is 364 g/mol. The quantitative estimate of drug-likeness (QED) is 0.794. The third-order valence-corrected chi connectivity index (χ3v) is 5.44. The zero-order valence-electron chi connectivity index (χ0n) is 11.4. The Bertz CT molecular complexity index is 706. The molecule has 0 spiro atoms. The molecule has 6 nitrogen and oxygen atoms in total. The predicted octanol–water partition coefficient (Wildman–Crippen LogP) is 1.63. The number of sulfone groups is 1. The van der Waals surface area contributed by atoms with Crippen molar-refractivity contribution >= 4 is 50.5 Å². The molecule has 1 aromatic carbocycles. The fourth-order valence-corrected chi connectivity index (χ4v) is 4.25. The van der Waals surface area contributed by atoms with Gasteiger partial charge in [0, 0.05) is 11.1 Å². The van der Waals surface area contributed by atoms with Gasteiger partial charge in [-0.05, 0) is 24.6 Å². The van der Waals surface area contributed by atoms with E-state index in [1.165, 1.54) is 12.1 Å². The highest BCUT2D eigenvalue weighted by Gasteiger charge is 2.29. The maximum Gasteiger partial charge on any atom is 0.233 e. The number of amides is 2. The summed E-state index contributed by atoms with van der Waals surface area (Å²) in [6.45, 7) is 0.